The summed E-state index contributed by atoms with van der Waals surface area (Å²) in [5, 5.41) is 0. The molecule has 1 heterocycles. The molecule has 1 aromatic heterocycles. The van der Waals surface area contributed by atoms with E-state index in [1.54, 1.807) is 0 Å². The van der Waals surface area contributed by atoms with Crippen molar-refractivity contribution in [3.63, 3.8) is 0 Å². The molecule has 0 spiro atoms. The number of nitrogens with two attached hydrogens (primary N) is 1. The van der Waals surface area contributed by atoms with E-state index in [1.807, 2.05) is 31.0 Å². The number of guanidine groups is 1. The van der Waals surface area contributed by atoms with Gasteiger partial charge >= 0.3 is 0 Å². The second-order valence-electron chi connectivity index (χ2n) is 5.26. The highest BCUT2D eigenvalue weighted by Crippen LogP contribution is 2.20. The van der Waals surface area contributed by atoms with E-state index in [2.05, 4.69) is 5.43 Å². The van der Waals surface area contributed by atoms with Gasteiger partial charge in [0.25, 0.3) is 0 Å². The zero-order valence-corrected chi connectivity index (χ0v) is 11.9. The van der Waals surface area contributed by atoms with E-state index in [0.717, 1.165) is 17.5 Å². The Morgan fingerprint density at radius 3 is 2.74 bits per heavy atom. The van der Waals surface area contributed by atoms with Crippen molar-refractivity contribution in [2.75, 3.05) is 7.05 Å². The van der Waals surface area contributed by atoms with Crippen molar-refractivity contribution in [3.05, 3.63) is 23.7 Å². The largest absolute Gasteiger partial charge is 0.464 e. The number of furan rings is 1. The lowest BCUT2D eigenvalue weighted by Crippen LogP contribution is -2.43. The fourth-order valence-corrected chi connectivity index (χ4v) is 2.51. The van der Waals surface area contributed by atoms with Crippen LogP contribution in [0.2, 0.25) is 0 Å². The predicted molar refractivity (Wildman–Crippen MR) is 76.5 cm³/mol. The third-order valence-corrected chi connectivity index (χ3v) is 3.56. The average molecular weight is 264 g/mol. The molecule has 1 fully saturated rings. The highest BCUT2D eigenvalue weighted by atomic mass is 16.3. The summed E-state index contributed by atoms with van der Waals surface area (Å²) in [6.07, 6.45) is 6.21. The molecular formula is C14H24N4O. The maximum atomic E-state index is 5.60. The van der Waals surface area contributed by atoms with Gasteiger partial charge in [-0.1, -0.05) is 19.3 Å². The number of hydrazine groups is 1. The molecule has 0 aliphatic heterocycles. The van der Waals surface area contributed by atoms with Crippen molar-refractivity contribution in [2.24, 2.45) is 10.8 Å². The predicted octanol–water partition coefficient (Wildman–Crippen LogP) is 2.17. The van der Waals surface area contributed by atoms with E-state index >= 15 is 0 Å². The van der Waals surface area contributed by atoms with Crippen molar-refractivity contribution in [3.8, 4) is 0 Å². The number of rotatable bonds is 3. The van der Waals surface area contributed by atoms with Gasteiger partial charge in [-0.2, -0.15) is 0 Å². The fraction of sp³-hybridized carbons (Fsp3) is 0.643. The lowest BCUT2D eigenvalue weighted by Gasteiger charge is -2.24. The summed E-state index contributed by atoms with van der Waals surface area (Å²) in [6.45, 7) is 2.62. The SMILES string of the molecule is Cc1ccc(CN(C)C(=NC2CCCCC2)NN)o1. The molecule has 2 rings (SSSR count). The average Bonchev–Trinajstić information content (AvgIpc) is 2.82. The first-order chi connectivity index (χ1) is 9.19. The van der Waals surface area contributed by atoms with Gasteiger partial charge in [0.05, 0.1) is 12.6 Å². The molecule has 5 nitrogen and oxygen atoms in total. The topological polar surface area (TPSA) is 66.8 Å². The highest BCUT2D eigenvalue weighted by Gasteiger charge is 2.15. The van der Waals surface area contributed by atoms with E-state index in [4.69, 9.17) is 15.3 Å². The maximum Gasteiger partial charge on any atom is 0.208 e. The molecule has 19 heavy (non-hydrogen) atoms. The molecule has 0 atom stereocenters. The molecule has 1 aromatic rings. The van der Waals surface area contributed by atoms with Gasteiger partial charge in [-0.15, -0.1) is 0 Å². The second kappa shape index (κ2) is 6.61. The molecule has 0 unspecified atom stereocenters. The van der Waals surface area contributed by atoms with Crippen LogP contribution in [0.15, 0.2) is 21.5 Å². The van der Waals surface area contributed by atoms with Crippen molar-refractivity contribution >= 4 is 5.96 Å². The van der Waals surface area contributed by atoms with Gasteiger partial charge in [-0.3, -0.25) is 5.43 Å². The summed E-state index contributed by atoms with van der Waals surface area (Å²) in [4.78, 5) is 6.71. The first kappa shape index (κ1) is 13.9. The number of nitrogens with zero attached hydrogens (tertiary/aromatic N) is 2. The Morgan fingerprint density at radius 2 is 2.16 bits per heavy atom. The standard InChI is InChI=1S/C14H24N4O/c1-11-8-9-13(19-11)10-18(2)14(17-15)16-12-6-4-3-5-7-12/h8-9,12H,3-7,10,15H2,1-2H3,(H,16,17). The summed E-state index contributed by atoms with van der Waals surface area (Å²) in [7, 11) is 1.97. The van der Waals surface area contributed by atoms with Crippen LogP contribution in [0.25, 0.3) is 0 Å². The number of aliphatic imine (C=N–C) groups is 1. The summed E-state index contributed by atoms with van der Waals surface area (Å²) < 4.78 is 5.57. The van der Waals surface area contributed by atoms with Gasteiger partial charge < -0.3 is 9.32 Å². The highest BCUT2D eigenvalue weighted by molar-refractivity contribution is 5.79. The molecule has 3 N–H and O–H groups in total. The number of nitrogens with one attached hydrogen (secondary N) is 1. The Hall–Kier alpha value is -1.49. The molecule has 5 heteroatoms. The van der Waals surface area contributed by atoms with Crippen molar-refractivity contribution in [2.45, 2.75) is 51.6 Å². The van der Waals surface area contributed by atoms with E-state index in [-0.39, 0.29) is 0 Å². The van der Waals surface area contributed by atoms with Crippen LogP contribution >= 0.6 is 0 Å². The zero-order valence-electron chi connectivity index (χ0n) is 11.9. The molecule has 0 saturated heterocycles. The molecule has 0 radical (unpaired) electrons. The third kappa shape index (κ3) is 3.99. The fourth-order valence-electron chi connectivity index (χ4n) is 2.51. The molecule has 1 aliphatic carbocycles. The van der Waals surface area contributed by atoms with Crippen LogP contribution in [0.3, 0.4) is 0 Å². The lowest BCUT2D eigenvalue weighted by atomic mass is 9.96. The van der Waals surface area contributed by atoms with Crippen LogP contribution in [-0.2, 0) is 6.54 Å². The Labute approximate surface area is 114 Å². The minimum Gasteiger partial charge on any atom is -0.464 e. The molecule has 1 saturated carbocycles. The molecule has 106 valence electrons. The van der Waals surface area contributed by atoms with Gasteiger partial charge in [0.2, 0.25) is 5.96 Å². The first-order valence-electron chi connectivity index (χ1n) is 7.00. The summed E-state index contributed by atoms with van der Waals surface area (Å²) >= 11 is 0. The van der Waals surface area contributed by atoms with E-state index in [0.29, 0.717) is 12.6 Å². The normalized spacial score (nSPS) is 17.5. The van der Waals surface area contributed by atoms with Gasteiger partial charge in [0.1, 0.15) is 11.5 Å². The molecule has 0 bridgehead atoms. The van der Waals surface area contributed by atoms with E-state index < -0.39 is 0 Å². The first-order valence-corrected chi connectivity index (χ1v) is 7.00. The Morgan fingerprint density at radius 1 is 1.42 bits per heavy atom. The van der Waals surface area contributed by atoms with Crippen LogP contribution < -0.4 is 11.3 Å². The number of hydrogen-bond acceptors (Lipinski definition) is 3. The summed E-state index contributed by atoms with van der Waals surface area (Å²) in [5.74, 6) is 8.18. The Balaban J connectivity index is 1.97. The molecular weight excluding hydrogens is 240 g/mol. The lowest BCUT2D eigenvalue weighted by molar-refractivity contribution is 0.382. The van der Waals surface area contributed by atoms with Crippen molar-refractivity contribution < 1.29 is 4.42 Å². The minimum absolute atomic E-state index is 0.403. The van der Waals surface area contributed by atoms with Gasteiger partial charge in [0, 0.05) is 7.05 Å². The number of aryl methyl sites for hydroxylation is 1. The van der Waals surface area contributed by atoms with E-state index in [1.165, 1.54) is 32.1 Å². The van der Waals surface area contributed by atoms with Crippen LogP contribution in [0.4, 0.5) is 0 Å². The smallest absolute Gasteiger partial charge is 0.208 e. The third-order valence-electron chi connectivity index (χ3n) is 3.56. The molecule has 1 aliphatic rings. The van der Waals surface area contributed by atoms with Crippen LogP contribution in [0, 0.1) is 6.92 Å². The maximum absolute atomic E-state index is 5.60. The summed E-state index contributed by atoms with van der Waals surface area (Å²) in [5.41, 5.74) is 2.71. The van der Waals surface area contributed by atoms with Crippen LogP contribution in [0.5, 0.6) is 0 Å². The zero-order chi connectivity index (χ0) is 13.7. The van der Waals surface area contributed by atoms with Crippen molar-refractivity contribution in [1.82, 2.24) is 10.3 Å². The monoisotopic (exact) mass is 264 g/mol. The van der Waals surface area contributed by atoms with Crippen molar-refractivity contribution in [1.29, 1.82) is 0 Å². The van der Waals surface area contributed by atoms with E-state index in [9.17, 15) is 0 Å². The minimum atomic E-state index is 0.403. The molecule has 0 amide bonds. The second-order valence-corrected chi connectivity index (χ2v) is 5.26. The van der Waals surface area contributed by atoms with Gasteiger partial charge in [-0.05, 0) is 31.9 Å². The number of hydrogen-bond donors (Lipinski definition) is 2. The Kier molecular flexibility index (Phi) is 4.85. The quantitative estimate of drug-likeness (QED) is 0.380. The van der Waals surface area contributed by atoms with Gasteiger partial charge in [0.15, 0.2) is 0 Å². The Bertz CT molecular complexity index is 421. The van der Waals surface area contributed by atoms with Crippen LogP contribution in [0.1, 0.15) is 43.6 Å². The summed E-state index contributed by atoms with van der Waals surface area (Å²) in [6, 6.07) is 4.36. The molecule has 0 aromatic carbocycles. The van der Waals surface area contributed by atoms with Gasteiger partial charge in [-0.25, -0.2) is 10.8 Å². The van der Waals surface area contributed by atoms with Crippen LogP contribution in [-0.4, -0.2) is 23.9 Å².